The number of benzene rings is 1. The molecule has 0 radical (unpaired) electrons. The lowest BCUT2D eigenvalue weighted by molar-refractivity contribution is 0.0694. The van der Waals surface area contributed by atoms with Crippen molar-refractivity contribution in [3.8, 4) is 0 Å². The molecular formula is C18H18N4O3. The Morgan fingerprint density at radius 1 is 1.20 bits per heavy atom. The molecule has 1 saturated heterocycles. The Bertz CT molecular complexity index is 892. The predicted octanol–water partition coefficient (Wildman–Crippen LogP) is 2.19. The highest BCUT2D eigenvalue weighted by Gasteiger charge is 2.27. The molecule has 3 heterocycles. The van der Waals surface area contributed by atoms with E-state index in [1.807, 2.05) is 24.3 Å². The Labute approximate surface area is 144 Å². The number of H-pyrrole nitrogens is 1. The lowest BCUT2D eigenvalue weighted by atomic mass is 10.0. The van der Waals surface area contributed by atoms with Crippen molar-refractivity contribution in [1.82, 2.24) is 20.4 Å². The molecule has 2 aromatic heterocycles. The molecule has 0 bridgehead atoms. The maximum absolute atomic E-state index is 12.7. The molecule has 25 heavy (non-hydrogen) atoms. The Morgan fingerprint density at radius 3 is 2.76 bits per heavy atom. The van der Waals surface area contributed by atoms with Crippen LogP contribution in [0.2, 0.25) is 0 Å². The third-order valence-electron chi connectivity index (χ3n) is 4.57. The van der Waals surface area contributed by atoms with E-state index in [9.17, 15) is 9.59 Å². The lowest BCUT2D eigenvalue weighted by Crippen LogP contribution is -2.46. The number of amides is 2. The Kier molecular flexibility index (Phi) is 3.97. The molecule has 0 unspecified atom stereocenters. The van der Waals surface area contributed by atoms with E-state index in [1.165, 1.54) is 12.5 Å². The SMILES string of the molecule is O=C(NC1CCN(C(=O)c2n[nH]c3ccccc23)CC1)c1ccoc1. The van der Waals surface area contributed by atoms with E-state index in [0.29, 0.717) is 24.3 Å². The Morgan fingerprint density at radius 2 is 2.00 bits per heavy atom. The molecule has 1 aromatic carbocycles. The summed E-state index contributed by atoms with van der Waals surface area (Å²) in [6, 6.07) is 9.29. The molecule has 7 nitrogen and oxygen atoms in total. The number of piperidine rings is 1. The number of hydrogen-bond donors (Lipinski definition) is 2. The zero-order chi connectivity index (χ0) is 17.2. The van der Waals surface area contributed by atoms with Gasteiger partial charge < -0.3 is 14.6 Å². The molecule has 1 aliphatic heterocycles. The van der Waals surface area contributed by atoms with Crippen LogP contribution < -0.4 is 5.32 Å². The maximum Gasteiger partial charge on any atom is 0.274 e. The number of para-hydroxylation sites is 1. The second-order valence-electron chi connectivity index (χ2n) is 6.17. The van der Waals surface area contributed by atoms with Gasteiger partial charge in [0.25, 0.3) is 11.8 Å². The van der Waals surface area contributed by atoms with E-state index < -0.39 is 0 Å². The predicted molar refractivity (Wildman–Crippen MR) is 91.2 cm³/mol. The standard InChI is InChI=1S/C18H18N4O3/c23-17(12-7-10-25-11-12)19-13-5-8-22(9-6-13)18(24)16-14-3-1-2-4-15(14)20-21-16/h1-4,7,10-11,13H,5-6,8-9H2,(H,19,23)(H,20,21). The van der Waals surface area contributed by atoms with Gasteiger partial charge in [-0.25, -0.2) is 0 Å². The largest absolute Gasteiger partial charge is 0.472 e. The fraction of sp³-hybridized carbons (Fsp3) is 0.278. The van der Waals surface area contributed by atoms with Crippen LogP contribution in [0.15, 0.2) is 47.3 Å². The molecule has 3 aromatic rings. The summed E-state index contributed by atoms with van der Waals surface area (Å²) in [7, 11) is 0. The molecule has 0 atom stereocenters. The zero-order valence-electron chi connectivity index (χ0n) is 13.6. The van der Waals surface area contributed by atoms with Gasteiger partial charge in [-0.05, 0) is 25.0 Å². The van der Waals surface area contributed by atoms with E-state index >= 15 is 0 Å². The van der Waals surface area contributed by atoms with Crippen molar-refractivity contribution in [3.05, 3.63) is 54.1 Å². The summed E-state index contributed by atoms with van der Waals surface area (Å²) in [5.74, 6) is -0.214. The van der Waals surface area contributed by atoms with Crippen molar-refractivity contribution in [1.29, 1.82) is 0 Å². The number of rotatable bonds is 3. The van der Waals surface area contributed by atoms with Gasteiger partial charge in [-0.3, -0.25) is 14.7 Å². The molecule has 128 valence electrons. The summed E-state index contributed by atoms with van der Waals surface area (Å²) in [6.07, 6.45) is 4.34. The number of hydrogen-bond acceptors (Lipinski definition) is 4. The number of aromatic nitrogens is 2. The van der Waals surface area contributed by atoms with Crippen LogP contribution in [-0.4, -0.2) is 46.0 Å². The quantitative estimate of drug-likeness (QED) is 0.766. The van der Waals surface area contributed by atoms with E-state index in [0.717, 1.165) is 23.7 Å². The minimum Gasteiger partial charge on any atom is -0.472 e. The number of carbonyl (C=O) groups excluding carboxylic acids is 2. The van der Waals surface area contributed by atoms with Gasteiger partial charge >= 0.3 is 0 Å². The minimum absolute atomic E-state index is 0.0578. The zero-order valence-corrected chi connectivity index (χ0v) is 13.6. The molecule has 1 fully saturated rings. The Balaban J connectivity index is 1.38. The fourth-order valence-electron chi connectivity index (χ4n) is 3.17. The minimum atomic E-state index is -0.142. The van der Waals surface area contributed by atoms with Gasteiger partial charge in [-0.15, -0.1) is 0 Å². The number of likely N-dealkylation sites (tertiary alicyclic amines) is 1. The summed E-state index contributed by atoms with van der Waals surface area (Å²) in [4.78, 5) is 26.6. The molecule has 2 N–H and O–H groups in total. The van der Waals surface area contributed by atoms with Gasteiger partial charge in [0, 0.05) is 24.5 Å². The highest BCUT2D eigenvalue weighted by atomic mass is 16.3. The average molecular weight is 338 g/mol. The number of carbonyl (C=O) groups is 2. The van der Waals surface area contributed by atoms with Gasteiger partial charge in [0.05, 0.1) is 17.3 Å². The Hall–Kier alpha value is -3.09. The second-order valence-corrected chi connectivity index (χ2v) is 6.17. The fourth-order valence-corrected chi connectivity index (χ4v) is 3.17. The first-order chi connectivity index (χ1) is 12.2. The van der Waals surface area contributed by atoms with Crippen molar-refractivity contribution in [2.75, 3.05) is 13.1 Å². The molecule has 1 aliphatic rings. The topological polar surface area (TPSA) is 91.2 Å². The average Bonchev–Trinajstić information content (AvgIpc) is 3.32. The first-order valence-electron chi connectivity index (χ1n) is 8.28. The first kappa shape index (κ1) is 15.4. The van der Waals surface area contributed by atoms with Gasteiger partial charge in [0.1, 0.15) is 6.26 Å². The van der Waals surface area contributed by atoms with Crippen LogP contribution in [0.5, 0.6) is 0 Å². The molecule has 0 saturated carbocycles. The van der Waals surface area contributed by atoms with Gasteiger partial charge in [0.15, 0.2) is 5.69 Å². The van der Waals surface area contributed by atoms with Crippen LogP contribution in [0.1, 0.15) is 33.7 Å². The summed E-state index contributed by atoms with van der Waals surface area (Å²) in [6.45, 7) is 1.19. The van der Waals surface area contributed by atoms with Crippen molar-refractivity contribution >= 4 is 22.7 Å². The highest BCUT2D eigenvalue weighted by Crippen LogP contribution is 2.19. The van der Waals surface area contributed by atoms with Crippen LogP contribution in [0.3, 0.4) is 0 Å². The monoisotopic (exact) mass is 338 g/mol. The molecular weight excluding hydrogens is 320 g/mol. The van der Waals surface area contributed by atoms with E-state index in [-0.39, 0.29) is 17.9 Å². The van der Waals surface area contributed by atoms with Gasteiger partial charge in [-0.2, -0.15) is 5.10 Å². The normalized spacial score (nSPS) is 15.4. The van der Waals surface area contributed by atoms with Gasteiger partial charge in [-0.1, -0.05) is 18.2 Å². The van der Waals surface area contributed by atoms with Crippen LogP contribution in [-0.2, 0) is 0 Å². The third kappa shape index (κ3) is 3.00. The van der Waals surface area contributed by atoms with Crippen LogP contribution in [0, 0.1) is 0 Å². The maximum atomic E-state index is 12.7. The molecule has 4 rings (SSSR count). The smallest absolute Gasteiger partial charge is 0.274 e. The summed E-state index contributed by atoms with van der Waals surface area (Å²) >= 11 is 0. The number of furan rings is 1. The number of nitrogens with zero attached hydrogens (tertiary/aromatic N) is 2. The van der Waals surface area contributed by atoms with Crippen molar-refractivity contribution in [2.24, 2.45) is 0 Å². The van der Waals surface area contributed by atoms with E-state index in [4.69, 9.17) is 4.42 Å². The summed E-state index contributed by atoms with van der Waals surface area (Å²) < 4.78 is 4.93. The number of aromatic amines is 1. The molecule has 7 heteroatoms. The third-order valence-corrected chi connectivity index (χ3v) is 4.57. The van der Waals surface area contributed by atoms with Crippen LogP contribution in [0.25, 0.3) is 10.9 Å². The lowest BCUT2D eigenvalue weighted by Gasteiger charge is -2.32. The van der Waals surface area contributed by atoms with Crippen LogP contribution in [0.4, 0.5) is 0 Å². The molecule has 0 spiro atoms. The number of fused-ring (bicyclic) bond motifs is 1. The highest BCUT2D eigenvalue weighted by molar-refractivity contribution is 6.04. The molecule has 2 amide bonds. The summed E-state index contributed by atoms with van der Waals surface area (Å²) in [5.41, 5.74) is 1.83. The van der Waals surface area contributed by atoms with Crippen molar-refractivity contribution in [2.45, 2.75) is 18.9 Å². The summed E-state index contributed by atoms with van der Waals surface area (Å²) in [5, 5.41) is 10.9. The molecule has 0 aliphatic carbocycles. The van der Waals surface area contributed by atoms with Gasteiger partial charge in [0.2, 0.25) is 0 Å². The number of nitrogens with one attached hydrogen (secondary N) is 2. The van der Waals surface area contributed by atoms with Crippen molar-refractivity contribution < 1.29 is 14.0 Å². The van der Waals surface area contributed by atoms with Crippen molar-refractivity contribution in [3.63, 3.8) is 0 Å². The second kappa shape index (κ2) is 6.43. The van der Waals surface area contributed by atoms with Crippen LogP contribution >= 0.6 is 0 Å². The van der Waals surface area contributed by atoms with E-state index in [2.05, 4.69) is 15.5 Å². The first-order valence-corrected chi connectivity index (χ1v) is 8.28. The van der Waals surface area contributed by atoms with E-state index in [1.54, 1.807) is 11.0 Å².